The van der Waals surface area contributed by atoms with E-state index in [-0.39, 0.29) is 11.8 Å². The molecule has 1 fully saturated rings. The van der Waals surface area contributed by atoms with Crippen molar-refractivity contribution in [1.82, 2.24) is 9.88 Å². The van der Waals surface area contributed by atoms with Gasteiger partial charge in [0.1, 0.15) is 6.26 Å². The van der Waals surface area contributed by atoms with E-state index < -0.39 is 11.2 Å². The number of hydrogen-bond acceptors (Lipinski definition) is 4. The molecule has 7 nitrogen and oxygen atoms in total. The van der Waals surface area contributed by atoms with Gasteiger partial charge in [-0.05, 0) is 48.8 Å². The summed E-state index contributed by atoms with van der Waals surface area (Å²) >= 11 is -1.14. The van der Waals surface area contributed by atoms with E-state index in [1.54, 1.807) is 35.4 Å². The van der Waals surface area contributed by atoms with Crippen LogP contribution in [0.15, 0.2) is 23.1 Å². The molecule has 0 bridgehead atoms. The number of anilines is 1. The Balaban J connectivity index is 1.72. The fourth-order valence-electron chi connectivity index (χ4n) is 3.80. The smallest absolute Gasteiger partial charge is 0.256 e. The van der Waals surface area contributed by atoms with E-state index in [4.69, 9.17) is 4.74 Å². The third-order valence-corrected chi connectivity index (χ3v) is 6.30. The van der Waals surface area contributed by atoms with E-state index in [1.807, 2.05) is 13.8 Å². The Kier molecular flexibility index (Phi) is 5.24. The Morgan fingerprint density at radius 2 is 2.00 bits per heavy atom. The number of rotatable bonds is 3. The van der Waals surface area contributed by atoms with E-state index in [9.17, 15) is 14.1 Å². The summed E-state index contributed by atoms with van der Waals surface area (Å²) in [6.07, 6.45) is 3.37. The average molecular weight is 413 g/mol. The maximum atomic E-state index is 13.0. The standard InChI is InChI=1S/C21H23N3O4S/c1-12-18(22-13(2)19(12)21(26)24-6-8-28-9-7-24)11-16-15-10-14(29(3)27)4-5-17(15)23-20(16)25/h4-5,10-11,22H,6-9H2,1-3H3,(H,23,25)/b16-11-. The van der Waals surface area contributed by atoms with Gasteiger partial charge in [0.25, 0.3) is 11.8 Å². The maximum Gasteiger partial charge on any atom is 0.256 e. The summed E-state index contributed by atoms with van der Waals surface area (Å²) < 4.78 is 17.2. The first-order chi connectivity index (χ1) is 13.9. The van der Waals surface area contributed by atoms with E-state index in [0.29, 0.717) is 48.0 Å². The van der Waals surface area contributed by atoms with Gasteiger partial charge in [0.15, 0.2) is 4.90 Å². The second-order valence-electron chi connectivity index (χ2n) is 7.24. The van der Waals surface area contributed by atoms with Crippen LogP contribution in [0.2, 0.25) is 0 Å². The number of aryl methyl sites for hydroxylation is 1. The number of benzene rings is 1. The number of ether oxygens (including phenoxy) is 1. The number of aromatic amines is 1. The first kappa shape index (κ1) is 19.8. The lowest BCUT2D eigenvalue weighted by Crippen LogP contribution is -2.41. The molecule has 0 radical (unpaired) electrons. The van der Waals surface area contributed by atoms with Gasteiger partial charge in [-0.3, -0.25) is 9.59 Å². The summed E-state index contributed by atoms with van der Waals surface area (Å²) in [6.45, 7) is 5.99. The Hall–Kier alpha value is -2.55. The molecule has 1 aromatic carbocycles. The number of nitrogens with zero attached hydrogens (tertiary/aromatic N) is 1. The lowest BCUT2D eigenvalue weighted by Gasteiger charge is -2.27. The van der Waals surface area contributed by atoms with E-state index in [1.165, 1.54) is 0 Å². The fourth-order valence-corrected chi connectivity index (χ4v) is 4.34. The van der Waals surface area contributed by atoms with Gasteiger partial charge in [0.2, 0.25) is 0 Å². The normalized spacial score (nSPS) is 18.7. The van der Waals surface area contributed by atoms with Crippen LogP contribution in [-0.2, 0) is 20.7 Å². The number of nitrogens with one attached hydrogen (secondary N) is 2. The van der Waals surface area contributed by atoms with Crippen molar-refractivity contribution in [2.24, 2.45) is 0 Å². The SMILES string of the molecule is Cc1[nH]c(/C=C2\C(=O)Nc3ccc([S+](C)[O-])cc32)c(C)c1C(=O)N1CCOCC1. The maximum absolute atomic E-state index is 13.0. The van der Waals surface area contributed by atoms with Crippen LogP contribution < -0.4 is 5.32 Å². The largest absolute Gasteiger partial charge is 0.612 e. The zero-order valence-electron chi connectivity index (χ0n) is 16.6. The first-order valence-electron chi connectivity index (χ1n) is 9.44. The topological polar surface area (TPSA) is 97.5 Å². The monoisotopic (exact) mass is 413 g/mol. The van der Waals surface area contributed by atoms with E-state index in [0.717, 1.165) is 22.5 Å². The molecule has 1 aromatic heterocycles. The second-order valence-corrected chi connectivity index (χ2v) is 8.62. The molecule has 2 aromatic rings. The zero-order chi connectivity index (χ0) is 20.7. The summed E-state index contributed by atoms with van der Waals surface area (Å²) in [5.74, 6) is -0.240. The Bertz CT molecular complexity index is 1020. The summed E-state index contributed by atoms with van der Waals surface area (Å²) in [4.78, 5) is 31.2. The summed E-state index contributed by atoms with van der Waals surface area (Å²) in [7, 11) is 0. The quantitative estimate of drug-likeness (QED) is 0.596. The van der Waals surface area contributed by atoms with Gasteiger partial charge in [-0.15, -0.1) is 0 Å². The van der Waals surface area contributed by atoms with Crippen LogP contribution in [0.3, 0.4) is 0 Å². The van der Waals surface area contributed by atoms with Gasteiger partial charge in [-0.2, -0.15) is 0 Å². The lowest BCUT2D eigenvalue weighted by atomic mass is 10.0. The highest BCUT2D eigenvalue weighted by Crippen LogP contribution is 2.35. The Morgan fingerprint density at radius 1 is 1.28 bits per heavy atom. The van der Waals surface area contributed by atoms with Crippen molar-refractivity contribution in [1.29, 1.82) is 0 Å². The molecule has 8 heteroatoms. The number of carbonyl (C=O) groups excluding carboxylic acids is 2. The average Bonchev–Trinajstić information content (AvgIpc) is 3.17. The molecule has 2 amide bonds. The summed E-state index contributed by atoms with van der Waals surface area (Å²) in [5, 5.41) is 2.84. The van der Waals surface area contributed by atoms with Crippen LogP contribution in [0.25, 0.3) is 11.6 Å². The van der Waals surface area contributed by atoms with Crippen molar-refractivity contribution in [3.8, 4) is 0 Å². The number of carbonyl (C=O) groups is 2. The van der Waals surface area contributed by atoms with Crippen LogP contribution in [0.4, 0.5) is 5.69 Å². The predicted octanol–water partition coefficient (Wildman–Crippen LogP) is 2.33. The molecule has 152 valence electrons. The van der Waals surface area contributed by atoms with Crippen molar-refractivity contribution in [3.05, 3.63) is 46.3 Å². The van der Waals surface area contributed by atoms with Crippen LogP contribution >= 0.6 is 0 Å². The molecule has 1 atom stereocenters. The van der Waals surface area contributed by atoms with Crippen molar-refractivity contribution >= 4 is 40.3 Å². The molecule has 3 heterocycles. The number of amides is 2. The fraction of sp³-hybridized carbons (Fsp3) is 0.333. The van der Waals surface area contributed by atoms with Crippen LogP contribution in [0, 0.1) is 13.8 Å². The Labute approximate surface area is 172 Å². The molecule has 0 saturated carbocycles. The van der Waals surface area contributed by atoms with Gasteiger partial charge >= 0.3 is 0 Å². The van der Waals surface area contributed by atoms with E-state index in [2.05, 4.69) is 10.3 Å². The summed E-state index contributed by atoms with van der Waals surface area (Å²) in [6, 6.07) is 5.30. The molecule has 0 aliphatic carbocycles. The highest BCUT2D eigenvalue weighted by atomic mass is 32.2. The Morgan fingerprint density at radius 3 is 2.69 bits per heavy atom. The third-order valence-electron chi connectivity index (χ3n) is 5.38. The second kappa shape index (κ2) is 7.70. The van der Waals surface area contributed by atoms with Gasteiger partial charge < -0.3 is 24.5 Å². The van der Waals surface area contributed by atoms with Crippen molar-refractivity contribution in [2.75, 3.05) is 37.9 Å². The van der Waals surface area contributed by atoms with Crippen LogP contribution in [-0.4, -0.2) is 58.8 Å². The molecule has 2 aliphatic heterocycles. The van der Waals surface area contributed by atoms with Crippen LogP contribution in [0.5, 0.6) is 0 Å². The minimum absolute atomic E-state index is 0.0239. The van der Waals surface area contributed by atoms with Crippen molar-refractivity contribution in [2.45, 2.75) is 18.7 Å². The van der Waals surface area contributed by atoms with E-state index >= 15 is 0 Å². The number of H-pyrrole nitrogens is 1. The first-order valence-corrected chi connectivity index (χ1v) is 11.0. The zero-order valence-corrected chi connectivity index (χ0v) is 17.4. The highest BCUT2D eigenvalue weighted by molar-refractivity contribution is 7.90. The van der Waals surface area contributed by atoms with Crippen molar-refractivity contribution in [3.63, 3.8) is 0 Å². The number of aromatic nitrogens is 1. The predicted molar refractivity (Wildman–Crippen MR) is 112 cm³/mol. The van der Waals surface area contributed by atoms with Gasteiger partial charge in [0, 0.05) is 41.8 Å². The molecule has 1 unspecified atom stereocenters. The minimum Gasteiger partial charge on any atom is -0.612 e. The number of morpholine rings is 1. The van der Waals surface area contributed by atoms with Crippen molar-refractivity contribution < 1.29 is 18.9 Å². The minimum atomic E-state index is -1.14. The number of hydrogen-bond donors (Lipinski definition) is 2. The third kappa shape index (κ3) is 3.59. The molecule has 4 rings (SSSR count). The molecule has 1 saturated heterocycles. The van der Waals surface area contributed by atoms with Gasteiger partial charge in [-0.1, -0.05) is 0 Å². The molecule has 2 aliphatic rings. The van der Waals surface area contributed by atoms with Crippen LogP contribution in [0.1, 0.15) is 32.9 Å². The van der Waals surface area contributed by atoms with Gasteiger partial charge in [-0.25, -0.2) is 0 Å². The lowest BCUT2D eigenvalue weighted by molar-refractivity contribution is -0.110. The van der Waals surface area contributed by atoms with Gasteiger partial charge in [0.05, 0.1) is 24.4 Å². The molecular weight excluding hydrogens is 390 g/mol. The highest BCUT2D eigenvalue weighted by Gasteiger charge is 2.28. The summed E-state index contributed by atoms with van der Waals surface area (Å²) in [5.41, 5.74) is 4.84. The number of fused-ring (bicyclic) bond motifs is 1. The molecular formula is C21H23N3O4S. The molecule has 29 heavy (non-hydrogen) atoms. The molecule has 0 spiro atoms. The molecule has 2 N–H and O–H groups in total.